The van der Waals surface area contributed by atoms with Crippen molar-refractivity contribution in [3.8, 4) is 0 Å². The Kier molecular flexibility index (Phi) is 5.49. The Bertz CT molecular complexity index is 450. The minimum atomic E-state index is -0.342. The molecule has 20 heavy (non-hydrogen) atoms. The molecule has 1 fully saturated rings. The molecule has 6 heteroatoms. The zero-order valence-electron chi connectivity index (χ0n) is 11.4. The molecule has 1 aromatic rings. The van der Waals surface area contributed by atoms with Crippen LogP contribution in [0.1, 0.15) is 24.8 Å². The Morgan fingerprint density at radius 2 is 2.35 bits per heavy atom. The number of hydrogen-bond acceptors (Lipinski definition) is 4. The van der Waals surface area contributed by atoms with E-state index >= 15 is 0 Å². The first kappa shape index (κ1) is 14.5. The summed E-state index contributed by atoms with van der Waals surface area (Å²) in [6, 6.07) is 3.59. The lowest BCUT2D eigenvalue weighted by Gasteiger charge is -2.11. The van der Waals surface area contributed by atoms with Gasteiger partial charge in [0, 0.05) is 31.9 Å². The van der Waals surface area contributed by atoms with Gasteiger partial charge in [0.2, 0.25) is 11.8 Å². The number of carbonyl (C=O) groups excluding carboxylic acids is 2. The maximum absolute atomic E-state index is 11.7. The zero-order valence-corrected chi connectivity index (χ0v) is 11.4. The third kappa shape index (κ3) is 4.62. The van der Waals surface area contributed by atoms with Crippen LogP contribution in [0.4, 0.5) is 0 Å². The molecule has 1 aliphatic rings. The number of aromatic nitrogens is 1. The molecule has 2 heterocycles. The Labute approximate surface area is 118 Å². The molecule has 0 aromatic carbocycles. The van der Waals surface area contributed by atoms with E-state index in [1.54, 1.807) is 6.20 Å². The number of carbonyl (C=O) groups is 2. The van der Waals surface area contributed by atoms with E-state index in [1.165, 1.54) is 0 Å². The number of amides is 2. The van der Waals surface area contributed by atoms with Crippen LogP contribution in [-0.2, 0) is 16.1 Å². The largest absolute Gasteiger partial charge is 0.354 e. The summed E-state index contributed by atoms with van der Waals surface area (Å²) in [7, 11) is 0. The van der Waals surface area contributed by atoms with Crippen molar-refractivity contribution in [3.63, 3.8) is 0 Å². The van der Waals surface area contributed by atoms with Crippen molar-refractivity contribution >= 4 is 11.8 Å². The molecule has 3 N–H and O–H groups in total. The SMILES string of the molecule is O=C1CCC(C(=O)NCCCNCc2cccnc2)N1. The molecule has 2 rings (SSSR count). The average molecular weight is 276 g/mol. The van der Waals surface area contributed by atoms with E-state index < -0.39 is 0 Å². The summed E-state index contributed by atoms with van der Waals surface area (Å²) in [5.41, 5.74) is 1.14. The van der Waals surface area contributed by atoms with Gasteiger partial charge in [-0.25, -0.2) is 0 Å². The Hall–Kier alpha value is -1.95. The van der Waals surface area contributed by atoms with Crippen molar-refractivity contribution in [3.05, 3.63) is 30.1 Å². The minimum Gasteiger partial charge on any atom is -0.354 e. The summed E-state index contributed by atoms with van der Waals surface area (Å²) in [5, 5.41) is 8.78. The second-order valence-corrected chi connectivity index (χ2v) is 4.84. The van der Waals surface area contributed by atoms with Gasteiger partial charge in [-0.3, -0.25) is 14.6 Å². The van der Waals surface area contributed by atoms with Crippen LogP contribution in [0.3, 0.4) is 0 Å². The van der Waals surface area contributed by atoms with Crippen molar-refractivity contribution in [2.45, 2.75) is 31.8 Å². The highest BCUT2D eigenvalue weighted by Gasteiger charge is 2.26. The molecule has 6 nitrogen and oxygen atoms in total. The monoisotopic (exact) mass is 276 g/mol. The minimum absolute atomic E-state index is 0.0386. The summed E-state index contributed by atoms with van der Waals surface area (Å²) in [6.45, 7) is 2.22. The molecule has 1 aromatic heterocycles. The van der Waals surface area contributed by atoms with Gasteiger partial charge in [0.05, 0.1) is 0 Å². The van der Waals surface area contributed by atoms with Crippen LogP contribution in [0, 0.1) is 0 Å². The third-order valence-electron chi connectivity index (χ3n) is 3.19. The molecule has 1 atom stereocenters. The summed E-state index contributed by atoms with van der Waals surface area (Å²) in [4.78, 5) is 26.7. The van der Waals surface area contributed by atoms with Crippen LogP contribution in [0.15, 0.2) is 24.5 Å². The molecule has 0 aliphatic carbocycles. The van der Waals surface area contributed by atoms with Gasteiger partial charge >= 0.3 is 0 Å². The van der Waals surface area contributed by atoms with E-state index in [2.05, 4.69) is 20.9 Å². The topological polar surface area (TPSA) is 83.1 Å². The van der Waals surface area contributed by atoms with Crippen LogP contribution >= 0.6 is 0 Å². The van der Waals surface area contributed by atoms with Crippen molar-refractivity contribution in [2.24, 2.45) is 0 Å². The van der Waals surface area contributed by atoms with E-state index in [4.69, 9.17) is 0 Å². The van der Waals surface area contributed by atoms with Gasteiger partial charge in [-0.05, 0) is 31.0 Å². The van der Waals surface area contributed by atoms with Gasteiger partial charge in [0.1, 0.15) is 6.04 Å². The molecule has 108 valence electrons. The number of hydrogen-bond donors (Lipinski definition) is 3. The van der Waals surface area contributed by atoms with Crippen LogP contribution in [0.5, 0.6) is 0 Å². The molecule has 2 amide bonds. The molecule has 0 spiro atoms. The molecule has 1 aliphatic heterocycles. The lowest BCUT2D eigenvalue weighted by molar-refractivity contribution is -0.125. The van der Waals surface area contributed by atoms with Gasteiger partial charge in [0.25, 0.3) is 0 Å². The first-order chi connectivity index (χ1) is 9.75. The second kappa shape index (κ2) is 7.59. The van der Waals surface area contributed by atoms with Gasteiger partial charge in [0.15, 0.2) is 0 Å². The normalized spacial score (nSPS) is 17.8. The molecule has 0 radical (unpaired) electrons. The summed E-state index contributed by atoms with van der Waals surface area (Å²) >= 11 is 0. The van der Waals surface area contributed by atoms with Crippen LogP contribution in [-0.4, -0.2) is 35.9 Å². The molecule has 1 saturated heterocycles. The van der Waals surface area contributed by atoms with E-state index in [1.807, 2.05) is 18.3 Å². The predicted molar refractivity (Wildman–Crippen MR) is 74.7 cm³/mol. The highest BCUT2D eigenvalue weighted by Crippen LogP contribution is 2.05. The maximum atomic E-state index is 11.7. The average Bonchev–Trinajstić information content (AvgIpc) is 2.90. The second-order valence-electron chi connectivity index (χ2n) is 4.84. The molecular weight excluding hydrogens is 256 g/mol. The Morgan fingerprint density at radius 1 is 1.45 bits per heavy atom. The smallest absolute Gasteiger partial charge is 0.242 e. The quantitative estimate of drug-likeness (QED) is 0.610. The van der Waals surface area contributed by atoms with Gasteiger partial charge in [-0.2, -0.15) is 0 Å². The highest BCUT2D eigenvalue weighted by molar-refractivity contribution is 5.90. The van der Waals surface area contributed by atoms with E-state index in [-0.39, 0.29) is 17.9 Å². The number of pyridine rings is 1. The fourth-order valence-corrected chi connectivity index (χ4v) is 2.09. The summed E-state index contributed by atoms with van der Waals surface area (Å²) in [6.07, 6.45) is 5.49. The first-order valence-electron chi connectivity index (χ1n) is 6.92. The van der Waals surface area contributed by atoms with Gasteiger partial charge < -0.3 is 16.0 Å². The fraction of sp³-hybridized carbons (Fsp3) is 0.500. The van der Waals surface area contributed by atoms with Gasteiger partial charge in [-0.1, -0.05) is 6.07 Å². The standard InChI is InChI=1S/C14H20N4O2/c19-13-5-4-12(18-13)14(20)17-8-2-7-16-10-11-3-1-6-15-9-11/h1,3,6,9,12,16H,2,4-5,7-8,10H2,(H,17,20)(H,18,19). The summed E-state index contributed by atoms with van der Waals surface area (Å²) < 4.78 is 0. The van der Waals surface area contributed by atoms with Crippen molar-refractivity contribution < 1.29 is 9.59 Å². The van der Waals surface area contributed by atoms with Crippen LogP contribution in [0.2, 0.25) is 0 Å². The van der Waals surface area contributed by atoms with E-state index in [9.17, 15) is 9.59 Å². The fourth-order valence-electron chi connectivity index (χ4n) is 2.09. The Balaban J connectivity index is 1.51. The maximum Gasteiger partial charge on any atom is 0.242 e. The van der Waals surface area contributed by atoms with Crippen molar-refractivity contribution in [1.29, 1.82) is 0 Å². The first-order valence-corrected chi connectivity index (χ1v) is 6.92. The molecular formula is C14H20N4O2. The van der Waals surface area contributed by atoms with Gasteiger partial charge in [-0.15, -0.1) is 0 Å². The molecule has 0 saturated carbocycles. The summed E-state index contributed by atoms with van der Waals surface area (Å²) in [5.74, 6) is -0.119. The lowest BCUT2D eigenvalue weighted by atomic mass is 10.2. The highest BCUT2D eigenvalue weighted by atomic mass is 16.2. The van der Waals surface area contributed by atoms with E-state index in [0.717, 1.165) is 25.1 Å². The third-order valence-corrected chi connectivity index (χ3v) is 3.19. The molecule has 0 bridgehead atoms. The zero-order chi connectivity index (χ0) is 14.2. The van der Waals surface area contributed by atoms with Crippen molar-refractivity contribution in [2.75, 3.05) is 13.1 Å². The number of nitrogens with one attached hydrogen (secondary N) is 3. The number of nitrogens with zero attached hydrogens (tertiary/aromatic N) is 1. The Morgan fingerprint density at radius 3 is 3.05 bits per heavy atom. The molecule has 1 unspecified atom stereocenters. The van der Waals surface area contributed by atoms with Crippen LogP contribution in [0.25, 0.3) is 0 Å². The lowest BCUT2D eigenvalue weighted by Crippen LogP contribution is -2.42. The van der Waals surface area contributed by atoms with E-state index in [0.29, 0.717) is 19.4 Å². The number of rotatable bonds is 7. The van der Waals surface area contributed by atoms with Crippen LogP contribution < -0.4 is 16.0 Å². The predicted octanol–water partition coefficient (Wildman–Crippen LogP) is -0.0439. The van der Waals surface area contributed by atoms with Crippen molar-refractivity contribution in [1.82, 2.24) is 20.9 Å².